The van der Waals surface area contributed by atoms with E-state index in [0.717, 1.165) is 5.39 Å². The molecule has 0 aliphatic rings. The third-order valence-electron chi connectivity index (χ3n) is 2.44. The van der Waals surface area contributed by atoms with Crippen LogP contribution >= 0.6 is 0 Å². The number of hydrogen-bond donors (Lipinski definition) is 2. The molecule has 3 aromatic heterocycles. The number of aromatic amines is 1. The summed E-state index contributed by atoms with van der Waals surface area (Å²) in [6.07, 6.45) is 3.20. The fourth-order valence-electron chi connectivity index (χ4n) is 1.67. The van der Waals surface area contributed by atoms with Gasteiger partial charge in [0.15, 0.2) is 11.5 Å². The number of amides is 1. The molecule has 0 unspecified atom stereocenters. The molecule has 0 aliphatic heterocycles. The highest BCUT2D eigenvalue weighted by Gasteiger charge is 2.13. The van der Waals surface area contributed by atoms with Crippen molar-refractivity contribution in [1.29, 1.82) is 0 Å². The first-order valence-corrected chi connectivity index (χ1v) is 4.94. The fourth-order valence-corrected chi connectivity index (χ4v) is 1.67. The Morgan fingerprint density at radius 2 is 2.18 bits per heavy atom. The first-order valence-electron chi connectivity index (χ1n) is 4.94. The summed E-state index contributed by atoms with van der Waals surface area (Å²) in [5.41, 5.74) is 6.47. The average molecular weight is 228 g/mol. The summed E-state index contributed by atoms with van der Waals surface area (Å²) in [6.45, 7) is 0. The Balaban J connectivity index is 2.19. The van der Waals surface area contributed by atoms with Crippen molar-refractivity contribution in [3.8, 4) is 11.5 Å². The van der Waals surface area contributed by atoms with Crippen LogP contribution in [0.4, 0.5) is 0 Å². The van der Waals surface area contributed by atoms with Crippen LogP contribution in [0.25, 0.3) is 22.5 Å². The van der Waals surface area contributed by atoms with Crippen LogP contribution in [0.3, 0.4) is 0 Å². The lowest BCUT2D eigenvalue weighted by atomic mass is 10.2. The van der Waals surface area contributed by atoms with Gasteiger partial charge in [-0.25, -0.2) is 9.97 Å². The van der Waals surface area contributed by atoms with Crippen molar-refractivity contribution in [3.63, 3.8) is 0 Å². The first kappa shape index (κ1) is 9.59. The Bertz CT molecular complexity index is 698. The quantitative estimate of drug-likeness (QED) is 0.691. The second-order valence-corrected chi connectivity index (χ2v) is 3.49. The summed E-state index contributed by atoms with van der Waals surface area (Å²) in [5, 5.41) is 0.831. The van der Waals surface area contributed by atoms with Crippen molar-refractivity contribution in [2.45, 2.75) is 0 Å². The molecule has 0 atom stereocenters. The molecule has 0 saturated carbocycles. The Labute approximate surface area is 95.5 Å². The first-order chi connectivity index (χ1) is 8.25. The summed E-state index contributed by atoms with van der Waals surface area (Å²) >= 11 is 0. The lowest BCUT2D eigenvalue weighted by Gasteiger charge is -1.97. The summed E-state index contributed by atoms with van der Waals surface area (Å²) < 4.78 is 5.33. The van der Waals surface area contributed by atoms with Crippen LogP contribution in [0.15, 0.2) is 35.1 Å². The maximum atomic E-state index is 10.9. The minimum absolute atomic E-state index is 0.113. The Kier molecular flexibility index (Phi) is 1.94. The largest absolute Gasteiger partial charge is 0.449 e. The number of hydrogen-bond acceptors (Lipinski definition) is 4. The van der Waals surface area contributed by atoms with E-state index in [0.29, 0.717) is 17.1 Å². The van der Waals surface area contributed by atoms with Crippen molar-refractivity contribution in [2.24, 2.45) is 5.73 Å². The normalized spacial score (nSPS) is 10.8. The van der Waals surface area contributed by atoms with Crippen molar-refractivity contribution in [3.05, 3.63) is 36.5 Å². The van der Waals surface area contributed by atoms with Crippen LogP contribution < -0.4 is 5.73 Å². The molecule has 84 valence electrons. The predicted octanol–water partition coefficient (Wildman–Crippen LogP) is 1.32. The van der Waals surface area contributed by atoms with Gasteiger partial charge in [-0.1, -0.05) is 0 Å². The van der Waals surface area contributed by atoms with Crippen LogP contribution in [0.1, 0.15) is 10.6 Å². The van der Waals surface area contributed by atoms with Gasteiger partial charge in [0.25, 0.3) is 5.91 Å². The lowest BCUT2D eigenvalue weighted by Crippen LogP contribution is -2.09. The predicted molar refractivity (Wildman–Crippen MR) is 60.1 cm³/mol. The monoisotopic (exact) mass is 228 g/mol. The van der Waals surface area contributed by atoms with Crippen molar-refractivity contribution in [2.75, 3.05) is 0 Å². The van der Waals surface area contributed by atoms with Gasteiger partial charge < -0.3 is 15.1 Å². The third-order valence-corrected chi connectivity index (χ3v) is 2.44. The van der Waals surface area contributed by atoms with E-state index in [1.165, 1.54) is 12.4 Å². The van der Waals surface area contributed by atoms with Gasteiger partial charge in [-0.15, -0.1) is 0 Å². The number of H-pyrrole nitrogens is 1. The summed E-state index contributed by atoms with van der Waals surface area (Å²) in [6, 6.07) is 5.03. The van der Waals surface area contributed by atoms with E-state index in [1.807, 2.05) is 6.07 Å². The molecule has 6 nitrogen and oxygen atoms in total. The number of aromatic nitrogens is 3. The molecule has 3 rings (SSSR count). The van der Waals surface area contributed by atoms with E-state index in [-0.39, 0.29) is 5.76 Å². The highest BCUT2D eigenvalue weighted by Crippen LogP contribution is 2.26. The summed E-state index contributed by atoms with van der Waals surface area (Å²) in [7, 11) is 0. The molecule has 0 aliphatic carbocycles. The number of carbonyl (C=O) groups excluding carboxylic acids is 1. The highest BCUT2D eigenvalue weighted by molar-refractivity contribution is 5.92. The van der Waals surface area contributed by atoms with Crippen molar-refractivity contribution >= 4 is 16.9 Å². The molecule has 1 amide bonds. The van der Waals surface area contributed by atoms with Crippen molar-refractivity contribution in [1.82, 2.24) is 15.0 Å². The SMILES string of the molecule is NC(=O)c1ccc(-c2ncnc3[nH]ccc23)o1. The zero-order valence-corrected chi connectivity index (χ0v) is 8.68. The topological polar surface area (TPSA) is 97.8 Å². The van der Waals surface area contributed by atoms with Crippen LogP contribution in [0.5, 0.6) is 0 Å². The van der Waals surface area contributed by atoms with E-state index in [2.05, 4.69) is 15.0 Å². The van der Waals surface area contributed by atoms with E-state index in [1.54, 1.807) is 12.3 Å². The molecule has 0 bridgehead atoms. The third kappa shape index (κ3) is 1.46. The molecule has 0 spiro atoms. The van der Waals surface area contributed by atoms with E-state index in [4.69, 9.17) is 10.2 Å². The van der Waals surface area contributed by atoms with Gasteiger partial charge in [0.2, 0.25) is 0 Å². The number of rotatable bonds is 2. The van der Waals surface area contributed by atoms with Crippen molar-refractivity contribution < 1.29 is 9.21 Å². The van der Waals surface area contributed by atoms with Gasteiger partial charge in [0, 0.05) is 11.6 Å². The van der Waals surface area contributed by atoms with Gasteiger partial charge in [-0.2, -0.15) is 0 Å². The van der Waals surface area contributed by atoms with Gasteiger partial charge in [0.1, 0.15) is 17.7 Å². The molecule has 3 aromatic rings. The Hall–Kier alpha value is -2.63. The zero-order valence-electron chi connectivity index (χ0n) is 8.68. The molecule has 6 heteroatoms. The number of nitrogens with zero attached hydrogens (tertiary/aromatic N) is 2. The van der Waals surface area contributed by atoms with E-state index >= 15 is 0 Å². The van der Waals surface area contributed by atoms with Crippen LogP contribution in [0.2, 0.25) is 0 Å². The number of nitrogens with one attached hydrogen (secondary N) is 1. The highest BCUT2D eigenvalue weighted by atomic mass is 16.3. The molecular formula is C11H8N4O2. The number of primary amides is 1. The zero-order chi connectivity index (χ0) is 11.8. The fraction of sp³-hybridized carbons (Fsp3) is 0. The number of fused-ring (bicyclic) bond motifs is 1. The van der Waals surface area contributed by atoms with Crippen LogP contribution in [0, 0.1) is 0 Å². The molecular weight excluding hydrogens is 220 g/mol. The van der Waals surface area contributed by atoms with Gasteiger partial charge in [-0.3, -0.25) is 4.79 Å². The molecule has 0 radical (unpaired) electrons. The Morgan fingerprint density at radius 3 is 2.94 bits per heavy atom. The minimum atomic E-state index is -0.601. The van der Waals surface area contributed by atoms with E-state index in [9.17, 15) is 4.79 Å². The number of carbonyl (C=O) groups is 1. The standard InChI is InChI=1S/C11H8N4O2/c12-10(16)8-2-1-7(17-8)9-6-3-4-13-11(6)15-5-14-9/h1-5H,(H2,12,16)(H,13,14,15). The second-order valence-electron chi connectivity index (χ2n) is 3.49. The minimum Gasteiger partial charge on any atom is -0.449 e. The molecule has 0 aromatic carbocycles. The molecule has 3 N–H and O–H groups in total. The van der Waals surface area contributed by atoms with Gasteiger partial charge >= 0.3 is 0 Å². The number of furan rings is 1. The maximum Gasteiger partial charge on any atom is 0.284 e. The summed E-state index contributed by atoms with van der Waals surface area (Å²) in [5.74, 6) is 0.00344. The van der Waals surface area contributed by atoms with Crippen LogP contribution in [-0.4, -0.2) is 20.9 Å². The lowest BCUT2D eigenvalue weighted by molar-refractivity contribution is 0.0974. The molecule has 17 heavy (non-hydrogen) atoms. The summed E-state index contributed by atoms with van der Waals surface area (Å²) in [4.78, 5) is 22.1. The van der Waals surface area contributed by atoms with Crippen LogP contribution in [-0.2, 0) is 0 Å². The Morgan fingerprint density at radius 1 is 1.29 bits per heavy atom. The average Bonchev–Trinajstić information content (AvgIpc) is 2.97. The molecule has 3 heterocycles. The van der Waals surface area contributed by atoms with E-state index < -0.39 is 5.91 Å². The molecule has 0 saturated heterocycles. The maximum absolute atomic E-state index is 10.9. The smallest absolute Gasteiger partial charge is 0.284 e. The molecule has 0 fully saturated rings. The van der Waals surface area contributed by atoms with Gasteiger partial charge in [0.05, 0.1) is 0 Å². The number of nitrogens with two attached hydrogens (primary N) is 1. The van der Waals surface area contributed by atoms with Gasteiger partial charge in [-0.05, 0) is 18.2 Å². The second kappa shape index (κ2) is 3.44.